The maximum Gasteiger partial charge on any atom is 0.269 e. The van der Waals surface area contributed by atoms with E-state index < -0.39 is 9.85 Å². The Kier molecular flexibility index (Phi) is 5.44. The highest BCUT2D eigenvalue weighted by Crippen LogP contribution is 2.32. The zero-order valence-electron chi connectivity index (χ0n) is 15.2. The van der Waals surface area contributed by atoms with E-state index >= 15 is 0 Å². The molecule has 0 amide bonds. The first-order valence-electron chi connectivity index (χ1n) is 8.78. The van der Waals surface area contributed by atoms with Crippen LogP contribution in [0.4, 0.5) is 11.4 Å². The molecule has 0 saturated heterocycles. The van der Waals surface area contributed by atoms with Gasteiger partial charge < -0.3 is 0 Å². The van der Waals surface area contributed by atoms with E-state index in [2.05, 4.69) is 6.92 Å². The number of Topliss-reactive ketones (excluding diaryl/α,β-unsaturated/α-hetero) is 1. The first-order valence-corrected chi connectivity index (χ1v) is 8.78. The number of carbonyl (C=O) groups excluding carboxylic acids is 1. The highest BCUT2D eigenvalue weighted by Gasteiger charge is 2.25. The van der Waals surface area contributed by atoms with Gasteiger partial charge in [0, 0.05) is 35.4 Å². The molecule has 0 heterocycles. The zero-order chi connectivity index (χ0) is 20.3. The molecule has 0 N–H and O–H groups in total. The molecule has 2 aromatic rings. The molecular weight excluding hydrogens is 360 g/mol. The van der Waals surface area contributed by atoms with Crippen LogP contribution < -0.4 is 0 Å². The Morgan fingerprint density at radius 3 is 1.46 bits per heavy atom. The van der Waals surface area contributed by atoms with Gasteiger partial charge in [-0.15, -0.1) is 0 Å². The van der Waals surface area contributed by atoms with Crippen molar-refractivity contribution in [2.24, 2.45) is 5.92 Å². The van der Waals surface area contributed by atoms with Crippen molar-refractivity contribution in [3.05, 3.63) is 91.0 Å². The number of benzene rings is 2. The van der Waals surface area contributed by atoms with Gasteiger partial charge in [-0.25, -0.2) is 0 Å². The number of allylic oxidation sites excluding steroid dienone is 2. The Hall–Kier alpha value is -3.61. The standard InChI is InChI=1S/C21H18N2O5/c1-14-10-17(12-15-2-6-19(7-3-15)22(25)26)21(24)18(11-14)13-16-4-8-20(9-5-16)23(27)28/h2-9,12-14H,10-11H2,1H3. The molecule has 0 bridgehead atoms. The Bertz CT molecular complexity index is 909. The fraction of sp³-hybridized carbons (Fsp3) is 0.190. The van der Waals surface area contributed by atoms with E-state index in [4.69, 9.17) is 0 Å². The van der Waals surface area contributed by atoms with Crippen molar-refractivity contribution in [2.45, 2.75) is 19.8 Å². The fourth-order valence-corrected chi connectivity index (χ4v) is 3.25. The molecule has 0 atom stereocenters. The summed E-state index contributed by atoms with van der Waals surface area (Å²) in [6.45, 7) is 2.06. The third-order valence-corrected chi connectivity index (χ3v) is 4.61. The SMILES string of the molecule is CC1CC(=Cc2ccc([N+](=O)[O-])cc2)C(=O)C(=Cc2ccc([N+](=O)[O-])cc2)C1. The first-order chi connectivity index (χ1) is 13.3. The number of hydrogen-bond acceptors (Lipinski definition) is 5. The third-order valence-electron chi connectivity index (χ3n) is 4.61. The molecule has 28 heavy (non-hydrogen) atoms. The van der Waals surface area contributed by atoms with Crippen LogP contribution in [-0.2, 0) is 4.79 Å². The maximum atomic E-state index is 12.9. The lowest BCUT2D eigenvalue weighted by Gasteiger charge is -2.22. The van der Waals surface area contributed by atoms with Crippen molar-refractivity contribution in [3.63, 3.8) is 0 Å². The Morgan fingerprint density at radius 2 is 1.14 bits per heavy atom. The van der Waals surface area contributed by atoms with Gasteiger partial charge >= 0.3 is 0 Å². The van der Waals surface area contributed by atoms with Crippen LogP contribution in [0.2, 0.25) is 0 Å². The van der Waals surface area contributed by atoms with Crippen LogP contribution in [0, 0.1) is 26.1 Å². The topological polar surface area (TPSA) is 103 Å². The summed E-state index contributed by atoms with van der Waals surface area (Å²) in [5, 5.41) is 21.5. The Balaban J connectivity index is 1.87. The second kappa shape index (κ2) is 7.96. The average Bonchev–Trinajstić information content (AvgIpc) is 2.66. The summed E-state index contributed by atoms with van der Waals surface area (Å²) in [6.07, 6.45) is 4.80. The number of ketones is 1. The lowest BCUT2D eigenvalue weighted by Crippen LogP contribution is -2.18. The Morgan fingerprint density at radius 1 is 0.786 bits per heavy atom. The minimum atomic E-state index is -0.462. The molecule has 1 saturated carbocycles. The summed E-state index contributed by atoms with van der Waals surface area (Å²) in [4.78, 5) is 33.5. The summed E-state index contributed by atoms with van der Waals surface area (Å²) in [5.41, 5.74) is 2.78. The molecule has 7 heteroatoms. The van der Waals surface area contributed by atoms with Gasteiger partial charge in [0.15, 0.2) is 5.78 Å². The van der Waals surface area contributed by atoms with E-state index in [1.165, 1.54) is 24.3 Å². The van der Waals surface area contributed by atoms with Crippen molar-refractivity contribution in [1.82, 2.24) is 0 Å². The molecule has 1 fully saturated rings. The molecule has 142 valence electrons. The molecule has 0 spiro atoms. The van der Waals surface area contributed by atoms with E-state index in [1.807, 2.05) is 0 Å². The van der Waals surface area contributed by atoms with Crippen LogP contribution in [0.3, 0.4) is 0 Å². The normalized spacial score (nSPS) is 19.8. The molecule has 1 aliphatic carbocycles. The van der Waals surface area contributed by atoms with Gasteiger partial charge in [0.2, 0.25) is 0 Å². The zero-order valence-corrected chi connectivity index (χ0v) is 15.2. The van der Waals surface area contributed by atoms with Gasteiger partial charge in [-0.3, -0.25) is 25.0 Å². The van der Waals surface area contributed by atoms with Crippen LogP contribution >= 0.6 is 0 Å². The molecule has 0 aromatic heterocycles. The highest BCUT2D eigenvalue weighted by atomic mass is 16.6. The lowest BCUT2D eigenvalue weighted by atomic mass is 9.81. The summed E-state index contributed by atoms with van der Waals surface area (Å²) in [7, 11) is 0. The number of non-ortho nitro benzene ring substituents is 2. The van der Waals surface area contributed by atoms with Crippen molar-refractivity contribution < 1.29 is 14.6 Å². The van der Waals surface area contributed by atoms with Gasteiger partial charge in [-0.05, 0) is 66.3 Å². The third kappa shape index (κ3) is 4.37. The second-order valence-electron chi connectivity index (χ2n) is 6.88. The lowest BCUT2D eigenvalue weighted by molar-refractivity contribution is -0.385. The van der Waals surface area contributed by atoms with Gasteiger partial charge in [-0.2, -0.15) is 0 Å². The number of hydrogen-bond donors (Lipinski definition) is 0. The smallest absolute Gasteiger partial charge is 0.269 e. The number of nitro benzene ring substituents is 2. The molecule has 0 aliphatic heterocycles. The number of nitro groups is 2. The first kappa shape index (κ1) is 19.2. The quantitative estimate of drug-likeness (QED) is 0.424. The minimum absolute atomic E-state index is 0.00393. The fourth-order valence-electron chi connectivity index (χ4n) is 3.25. The number of nitrogens with zero attached hydrogens (tertiary/aromatic N) is 2. The summed E-state index contributed by atoms with van der Waals surface area (Å²) in [5.74, 6) is 0.209. The maximum absolute atomic E-state index is 12.9. The molecule has 0 unspecified atom stereocenters. The van der Waals surface area contributed by atoms with Gasteiger partial charge in [-0.1, -0.05) is 6.92 Å². The van der Waals surface area contributed by atoms with E-state index in [0.29, 0.717) is 24.0 Å². The van der Waals surface area contributed by atoms with Crippen LogP contribution in [0.15, 0.2) is 59.7 Å². The van der Waals surface area contributed by atoms with Crippen LogP contribution in [-0.4, -0.2) is 15.6 Å². The molecule has 0 radical (unpaired) electrons. The van der Waals surface area contributed by atoms with E-state index in [-0.39, 0.29) is 23.1 Å². The van der Waals surface area contributed by atoms with Crippen LogP contribution in [0.5, 0.6) is 0 Å². The monoisotopic (exact) mass is 378 g/mol. The van der Waals surface area contributed by atoms with E-state index in [9.17, 15) is 25.0 Å². The van der Waals surface area contributed by atoms with Gasteiger partial charge in [0.1, 0.15) is 0 Å². The van der Waals surface area contributed by atoms with Crippen molar-refractivity contribution in [1.29, 1.82) is 0 Å². The van der Waals surface area contributed by atoms with Crippen molar-refractivity contribution in [2.75, 3.05) is 0 Å². The molecular formula is C21H18N2O5. The summed E-state index contributed by atoms with van der Waals surface area (Å²) in [6, 6.07) is 12.1. The van der Waals surface area contributed by atoms with E-state index in [1.54, 1.807) is 36.4 Å². The summed E-state index contributed by atoms with van der Waals surface area (Å²) < 4.78 is 0. The predicted molar refractivity (Wildman–Crippen MR) is 106 cm³/mol. The molecule has 3 rings (SSSR count). The summed E-state index contributed by atoms with van der Waals surface area (Å²) >= 11 is 0. The van der Waals surface area contributed by atoms with Crippen LogP contribution in [0.1, 0.15) is 30.9 Å². The molecule has 1 aliphatic rings. The highest BCUT2D eigenvalue weighted by molar-refractivity contribution is 6.14. The second-order valence-corrected chi connectivity index (χ2v) is 6.88. The average molecular weight is 378 g/mol. The van der Waals surface area contributed by atoms with Crippen LogP contribution in [0.25, 0.3) is 12.2 Å². The Labute approximate surface area is 161 Å². The molecule has 7 nitrogen and oxygen atoms in total. The van der Waals surface area contributed by atoms with Gasteiger partial charge in [0.05, 0.1) is 9.85 Å². The predicted octanol–water partition coefficient (Wildman–Crippen LogP) is 4.97. The minimum Gasteiger partial charge on any atom is -0.289 e. The van der Waals surface area contributed by atoms with Crippen molar-refractivity contribution >= 4 is 29.3 Å². The van der Waals surface area contributed by atoms with E-state index in [0.717, 1.165) is 11.1 Å². The van der Waals surface area contributed by atoms with Gasteiger partial charge in [0.25, 0.3) is 11.4 Å². The largest absolute Gasteiger partial charge is 0.289 e. The number of carbonyl (C=O) groups is 1. The number of rotatable bonds is 4. The van der Waals surface area contributed by atoms with Crippen molar-refractivity contribution in [3.8, 4) is 0 Å². The molecule has 2 aromatic carbocycles.